The van der Waals surface area contributed by atoms with E-state index in [1.165, 1.54) is 0 Å². The van der Waals surface area contributed by atoms with Gasteiger partial charge in [-0.25, -0.2) is 0 Å². The Bertz CT molecular complexity index is 3090. The molecule has 0 bridgehead atoms. The minimum absolute atomic E-state index is 0.842. The highest BCUT2D eigenvalue weighted by Gasteiger charge is 2.21. The third-order valence-electron chi connectivity index (χ3n) is 10.3. The lowest BCUT2D eigenvalue weighted by Gasteiger charge is -2.25. The molecule has 4 nitrogen and oxygen atoms in total. The van der Waals surface area contributed by atoms with Gasteiger partial charge < -0.3 is 18.2 Å². The van der Waals surface area contributed by atoms with Crippen molar-refractivity contribution in [3.63, 3.8) is 0 Å². The van der Waals surface area contributed by atoms with E-state index in [0.29, 0.717) is 0 Å². The van der Waals surface area contributed by atoms with Crippen molar-refractivity contribution in [3.8, 4) is 22.3 Å². The van der Waals surface area contributed by atoms with Crippen molar-refractivity contribution in [3.05, 3.63) is 176 Å². The van der Waals surface area contributed by atoms with Gasteiger partial charge in [-0.2, -0.15) is 0 Å². The zero-order chi connectivity index (χ0) is 34.2. The Morgan fingerprint density at radius 3 is 1.56 bits per heavy atom. The molecule has 0 aliphatic carbocycles. The molecular weight excluding hydrogens is 639 g/mol. The van der Waals surface area contributed by atoms with Crippen LogP contribution in [-0.2, 0) is 0 Å². The van der Waals surface area contributed by atoms with Gasteiger partial charge >= 0.3 is 0 Å². The van der Waals surface area contributed by atoms with E-state index in [2.05, 4.69) is 157 Å². The number of nitrogens with zero attached hydrogens (tertiary/aromatic N) is 1. The molecule has 52 heavy (non-hydrogen) atoms. The molecule has 0 spiro atoms. The topological polar surface area (TPSA) is 42.7 Å². The smallest absolute Gasteiger partial charge is 0.159 e. The summed E-state index contributed by atoms with van der Waals surface area (Å²) in [7, 11) is 0. The van der Waals surface area contributed by atoms with E-state index in [9.17, 15) is 0 Å². The molecule has 0 N–H and O–H groups in total. The molecule has 0 aliphatic heterocycles. The highest BCUT2D eigenvalue weighted by Crippen LogP contribution is 2.44. The van der Waals surface area contributed by atoms with Gasteiger partial charge in [-0.3, -0.25) is 0 Å². The van der Waals surface area contributed by atoms with Crippen molar-refractivity contribution in [1.29, 1.82) is 0 Å². The van der Waals surface area contributed by atoms with E-state index in [1.54, 1.807) is 0 Å². The first-order valence-corrected chi connectivity index (χ1v) is 17.5. The van der Waals surface area contributed by atoms with Crippen LogP contribution >= 0.6 is 0 Å². The molecule has 11 aromatic rings. The summed E-state index contributed by atoms with van der Waals surface area (Å²) in [4.78, 5) is 2.26. The van der Waals surface area contributed by atoms with E-state index >= 15 is 0 Å². The standard InChI is InChI=1S/C48H29NO3/c1-3-11-33(12-4-1)49(34-13-5-2-6-14-34)42-19-10-18-39-38-17-9-16-35(47(38)52-48(39)42)32-21-24-37-41-28-31(23-26-45(41)51-46(37)29-32)30-22-25-44-40(27-30)36-15-7-8-20-43(36)50-44/h1-29H. The molecule has 0 saturated heterocycles. The van der Waals surface area contributed by atoms with Crippen LogP contribution < -0.4 is 4.90 Å². The highest BCUT2D eigenvalue weighted by atomic mass is 16.3. The molecule has 4 heteroatoms. The molecule has 0 aliphatic rings. The minimum atomic E-state index is 0.842. The predicted octanol–water partition coefficient (Wildman–Crippen LogP) is 14.2. The Morgan fingerprint density at radius 2 is 0.846 bits per heavy atom. The third kappa shape index (κ3) is 4.41. The largest absolute Gasteiger partial charge is 0.456 e. The summed E-state index contributed by atoms with van der Waals surface area (Å²) in [6.07, 6.45) is 0. The van der Waals surface area contributed by atoms with E-state index in [1.807, 2.05) is 24.3 Å². The maximum absolute atomic E-state index is 6.90. The average molecular weight is 668 g/mol. The lowest BCUT2D eigenvalue weighted by atomic mass is 9.99. The molecule has 0 unspecified atom stereocenters. The normalized spacial score (nSPS) is 11.8. The summed E-state index contributed by atoms with van der Waals surface area (Å²) >= 11 is 0. The number of para-hydroxylation sites is 5. The first-order valence-electron chi connectivity index (χ1n) is 17.5. The first kappa shape index (κ1) is 28.8. The van der Waals surface area contributed by atoms with Crippen LogP contribution in [0.4, 0.5) is 17.1 Å². The molecule has 3 aromatic heterocycles. The van der Waals surface area contributed by atoms with Crippen molar-refractivity contribution in [2.24, 2.45) is 0 Å². The quantitative estimate of drug-likeness (QED) is 0.183. The second-order valence-corrected chi connectivity index (χ2v) is 13.3. The Kier molecular flexibility index (Phi) is 6.22. The van der Waals surface area contributed by atoms with Gasteiger partial charge in [0.25, 0.3) is 0 Å². The molecule has 0 amide bonds. The van der Waals surface area contributed by atoms with Crippen molar-refractivity contribution in [2.45, 2.75) is 0 Å². The van der Waals surface area contributed by atoms with Gasteiger partial charge in [0, 0.05) is 49.3 Å². The molecule has 8 aromatic carbocycles. The molecule has 3 heterocycles. The SMILES string of the molecule is c1ccc(N(c2ccccc2)c2cccc3c2oc2c(-c4ccc5c(c4)oc4ccc(-c6ccc7oc8ccccc8c7c6)cc45)cccc23)cc1. The number of hydrogen-bond acceptors (Lipinski definition) is 4. The van der Waals surface area contributed by atoms with Crippen LogP contribution in [0.15, 0.2) is 189 Å². The number of benzene rings is 8. The van der Waals surface area contributed by atoms with E-state index in [-0.39, 0.29) is 0 Å². The van der Waals surface area contributed by atoms with Crippen molar-refractivity contribution >= 4 is 82.9 Å². The molecule has 0 fully saturated rings. The van der Waals surface area contributed by atoms with E-state index < -0.39 is 0 Å². The molecule has 0 atom stereocenters. The number of hydrogen-bond donors (Lipinski definition) is 0. The van der Waals surface area contributed by atoms with Crippen molar-refractivity contribution < 1.29 is 13.3 Å². The van der Waals surface area contributed by atoms with Gasteiger partial charge in [-0.05, 0) is 89.5 Å². The second-order valence-electron chi connectivity index (χ2n) is 13.3. The summed E-state index contributed by atoms with van der Waals surface area (Å²) < 4.78 is 19.5. The Labute approximate surface area is 298 Å². The van der Waals surface area contributed by atoms with Crippen LogP contribution in [0.25, 0.3) is 88.1 Å². The zero-order valence-electron chi connectivity index (χ0n) is 27.9. The third-order valence-corrected chi connectivity index (χ3v) is 10.3. The molecule has 0 radical (unpaired) electrons. The number of fused-ring (bicyclic) bond motifs is 9. The van der Waals surface area contributed by atoms with Crippen LogP contribution in [0.5, 0.6) is 0 Å². The van der Waals surface area contributed by atoms with Gasteiger partial charge in [-0.1, -0.05) is 103 Å². The maximum atomic E-state index is 6.90. The van der Waals surface area contributed by atoms with Crippen LogP contribution in [-0.4, -0.2) is 0 Å². The average Bonchev–Trinajstić information content (AvgIpc) is 3.89. The Morgan fingerprint density at radius 1 is 0.308 bits per heavy atom. The molecule has 11 rings (SSSR count). The lowest BCUT2D eigenvalue weighted by Crippen LogP contribution is -2.09. The van der Waals surface area contributed by atoms with Crippen LogP contribution in [0.2, 0.25) is 0 Å². The monoisotopic (exact) mass is 667 g/mol. The summed E-state index contributed by atoms with van der Waals surface area (Å²) in [6, 6.07) is 61.2. The summed E-state index contributed by atoms with van der Waals surface area (Å²) in [5.41, 5.74) is 12.7. The lowest BCUT2D eigenvalue weighted by molar-refractivity contribution is 0.668. The number of anilines is 3. The highest BCUT2D eigenvalue weighted by molar-refractivity contribution is 6.14. The predicted molar refractivity (Wildman–Crippen MR) is 214 cm³/mol. The first-order chi connectivity index (χ1) is 25.8. The summed E-state index contributed by atoms with van der Waals surface area (Å²) in [5.74, 6) is 0. The van der Waals surface area contributed by atoms with Crippen LogP contribution in [0.3, 0.4) is 0 Å². The van der Waals surface area contributed by atoms with Gasteiger partial charge in [0.2, 0.25) is 0 Å². The van der Waals surface area contributed by atoms with Crippen LogP contribution in [0, 0.1) is 0 Å². The maximum Gasteiger partial charge on any atom is 0.159 e. The van der Waals surface area contributed by atoms with Gasteiger partial charge in [0.1, 0.15) is 27.9 Å². The van der Waals surface area contributed by atoms with E-state index in [0.717, 1.165) is 105 Å². The number of furan rings is 3. The van der Waals surface area contributed by atoms with Crippen molar-refractivity contribution in [1.82, 2.24) is 0 Å². The number of rotatable bonds is 5. The van der Waals surface area contributed by atoms with Gasteiger partial charge in [-0.15, -0.1) is 0 Å². The molecular formula is C48H29NO3. The van der Waals surface area contributed by atoms with Gasteiger partial charge in [0.15, 0.2) is 5.58 Å². The Balaban J connectivity index is 1.03. The summed E-state index contributed by atoms with van der Waals surface area (Å²) in [5, 5.41) is 6.56. The fourth-order valence-corrected chi connectivity index (χ4v) is 7.82. The second kappa shape index (κ2) is 11.2. The van der Waals surface area contributed by atoms with E-state index in [4.69, 9.17) is 13.3 Å². The fourth-order valence-electron chi connectivity index (χ4n) is 7.82. The fraction of sp³-hybridized carbons (Fsp3) is 0. The summed E-state index contributed by atoms with van der Waals surface area (Å²) in [6.45, 7) is 0. The molecule has 244 valence electrons. The molecule has 0 saturated carbocycles. The van der Waals surface area contributed by atoms with Crippen LogP contribution in [0.1, 0.15) is 0 Å². The van der Waals surface area contributed by atoms with Crippen molar-refractivity contribution in [2.75, 3.05) is 4.90 Å². The zero-order valence-corrected chi connectivity index (χ0v) is 27.9. The van der Waals surface area contributed by atoms with Gasteiger partial charge in [0.05, 0.1) is 5.69 Å². The Hall–Kier alpha value is -7.04. The minimum Gasteiger partial charge on any atom is -0.456 e.